The van der Waals surface area contributed by atoms with E-state index in [-0.39, 0.29) is 16.0 Å². The van der Waals surface area contributed by atoms with Crippen LogP contribution in [0.2, 0.25) is 0 Å². The molecule has 0 saturated heterocycles. The van der Waals surface area contributed by atoms with Crippen molar-refractivity contribution < 1.29 is 18.0 Å². The van der Waals surface area contributed by atoms with Crippen LogP contribution >= 0.6 is 11.8 Å². The van der Waals surface area contributed by atoms with E-state index in [1.807, 2.05) is 0 Å². The second-order valence-electron chi connectivity index (χ2n) is 6.18. The monoisotopic (exact) mass is 433 g/mol. The maximum absolute atomic E-state index is 12.1. The topological polar surface area (TPSA) is 95.6 Å². The van der Waals surface area contributed by atoms with E-state index in [2.05, 4.69) is 10.0 Å². The lowest BCUT2D eigenvalue weighted by atomic mass is 10.2. The molecule has 0 aliphatic carbocycles. The van der Waals surface area contributed by atoms with Crippen LogP contribution in [0.4, 0.5) is 10.5 Å². The third-order valence-electron chi connectivity index (χ3n) is 3.64. The van der Waals surface area contributed by atoms with Crippen molar-refractivity contribution in [3.05, 3.63) is 60.2 Å². The highest BCUT2D eigenvalue weighted by atomic mass is 32.2. The van der Waals surface area contributed by atoms with Crippen LogP contribution in [-0.2, 0) is 14.8 Å². The van der Waals surface area contributed by atoms with Gasteiger partial charge in [0.25, 0.3) is 5.24 Å². The molecule has 29 heavy (non-hydrogen) atoms. The Morgan fingerprint density at radius 1 is 1.03 bits per heavy atom. The molecule has 0 spiro atoms. The van der Waals surface area contributed by atoms with Crippen molar-refractivity contribution in [3.8, 4) is 0 Å². The summed E-state index contributed by atoms with van der Waals surface area (Å²) in [4.78, 5) is 26.2. The standard InChI is InChI=1S/C20H23N3O4S2/c1-4-21-29(26,27)18-12-5-15(6-13-18)7-14-19(24)22-16-8-10-17(11-9-16)28-20(25)23(2)3/h5-14,21H,4H2,1-3H3,(H,22,24)/b14-7+. The maximum atomic E-state index is 12.1. The quantitative estimate of drug-likeness (QED) is 0.515. The first-order chi connectivity index (χ1) is 13.7. The minimum Gasteiger partial charge on any atom is -0.339 e. The second-order valence-corrected chi connectivity index (χ2v) is 8.97. The van der Waals surface area contributed by atoms with E-state index in [1.165, 1.54) is 23.1 Å². The SMILES string of the molecule is CCNS(=O)(=O)c1ccc(/C=C/C(=O)Nc2ccc(SC(=O)N(C)C)cc2)cc1. The zero-order chi connectivity index (χ0) is 21.4. The normalized spacial score (nSPS) is 11.4. The zero-order valence-electron chi connectivity index (χ0n) is 16.4. The van der Waals surface area contributed by atoms with Crippen molar-refractivity contribution in [2.75, 3.05) is 26.0 Å². The van der Waals surface area contributed by atoms with E-state index in [0.717, 1.165) is 16.7 Å². The Bertz CT molecular complexity index is 983. The highest BCUT2D eigenvalue weighted by Crippen LogP contribution is 2.22. The van der Waals surface area contributed by atoms with Gasteiger partial charge in [-0.05, 0) is 59.8 Å². The smallest absolute Gasteiger partial charge is 0.285 e. The summed E-state index contributed by atoms with van der Waals surface area (Å²) in [6.45, 7) is 2.03. The fourth-order valence-electron chi connectivity index (χ4n) is 2.19. The van der Waals surface area contributed by atoms with Gasteiger partial charge in [-0.1, -0.05) is 19.1 Å². The van der Waals surface area contributed by atoms with Gasteiger partial charge < -0.3 is 10.2 Å². The molecule has 0 saturated carbocycles. The van der Waals surface area contributed by atoms with E-state index in [4.69, 9.17) is 0 Å². The van der Waals surface area contributed by atoms with Gasteiger partial charge in [-0.15, -0.1) is 0 Å². The van der Waals surface area contributed by atoms with Gasteiger partial charge in [0.2, 0.25) is 15.9 Å². The lowest BCUT2D eigenvalue weighted by Crippen LogP contribution is -2.22. The van der Waals surface area contributed by atoms with Crippen LogP contribution in [0.3, 0.4) is 0 Å². The fraction of sp³-hybridized carbons (Fsp3) is 0.200. The van der Waals surface area contributed by atoms with Gasteiger partial charge in [0.1, 0.15) is 0 Å². The molecule has 0 bridgehead atoms. The fourth-order valence-corrected chi connectivity index (χ4v) is 3.88. The summed E-state index contributed by atoms with van der Waals surface area (Å²) < 4.78 is 26.2. The van der Waals surface area contributed by atoms with Gasteiger partial charge >= 0.3 is 0 Å². The average Bonchev–Trinajstić information content (AvgIpc) is 2.68. The highest BCUT2D eigenvalue weighted by Gasteiger charge is 2.11. The van der Waals surface area contributed by atoms with Crippen molar-refractivity contribution in [2.24, 2.45) is 0 Å². The Labute approximate surface area is 175 Å². The van der Waals surface area contributed by atoms with Crippen LogP contribution < -0.4 is 10.0 Å². The molecule has 0 radical (unpaired) electrons. The number of amides is 2. The summed E-state index contributed by atoms with van der Waals surface area (Å²) in [6, 6.07) is 13.2. The number of anilines is 1. The molecule has 2 rings (SSSR count). The van der Waals surface area contributed by atoms with Gasteiger partial charge in [-0.3, -0.25) is 9.59 Å². The average molecular weight is 434 g/mol. The van der Waals surface area contributed by atoms with Gasteiger partial charge in [0.15, 0.2) is 0 Å². The largest absolute Gasteiger partial charge is 0.339 e. The molecular formula is C20H23N3O4S2. The Balaban J connectivity index is 1.95. The number of thioether (sulfide) groups is 1. The Hall–Kier alpha value is -2.62. The van der Waals surface area contributed by atoms with Gasteiger partial charge in [0, 0.05) is 37.3 Å². The minimum absolute atomic E-state index is 0.0750. The first kappa shape index (κ1) is 22.7. The lowest BCUT2D eigenvalue weighted by Gasteiger charge is -2.09. The zero-order valence-corrected chi connectivity index (χ0v) is 18.0. The maximum Gasteiger partial charge on any atom is 0.285 e. The summed E-state index contributed by atoms with van der Waals surface area (Å²) in [6.07, 6.45) is 2.96. The number of nitrogens with one attached hydrogen (secondary N) is 2. The predicted octanol–water partition coefficient (Wildman–Crippen LogP) is 3.41. The Morgan fingerprint density at radius 3 is 2.21 bits per heavy atom. The molecule has 154 valence electrons. The molecule has 0 aliphatic rings. The number of rotatable bonds is 7. The summed E-state index contributed by atoms with van der Waals surface area (Å²) >= 11 is 1.11. The van der Waals surface area contributed by atoms with Crippen molar-refractivity contribution >= 4 is 44.7 Å². The number of hydrogen-bond donors (Lipinski definition) is 2. The number of carbonyl (C=O) groups is 2. The molecule has 7 nitrogen and oxygen atoms in total. The van der Waals surface area contributed by atoms with Crippen molar-refractivity contribution in [1.82, 2.24) is 9.62 Å². The van der Waals surface area contributed by atoms with Crippen LogP contribution in [0.1, 0.15) is 12.5 Å². The molecule has 0 unspecified atom stereocenters. The van der Waals surface area contributed by atoms with Gasteiger partial charge in [-0.2, -0.15) is 0 Å². The van der Waals surface area contributed by atoms with Gasteiger partial charge in [0.05, 0.1) is 4.90 Å². The third-order valence-corrected chi connectivity index (χ3v) is 6.25. The summed E-state index contributed by atoms with van der Waals surface area (Å²) in [5, 5.41) is 2.66. The van der Waals surface area contributed by atoms with Crippen molar-refractivity contribution in [3.63, 3.8) is 0 Å². The van der Waals surface area contributed by atoms with Crippen LogP contribution in [0.5, 0.6) is 0 Å². The number of hydrogen-bond acceptors (Lipinski definition) is 5. The molecule has 0 aromatic heterocycles. The van der Waals surface area contributed by atoms with Crippen LogP contribution in [0.25, 0.3) is 6.08 Å². The summed E-state index contributed by atoms with van der Waals surface area (Å²) in [7, 11) is -0.123. The second kappa shape index (κ2) is 10.2. The molecule has 2 aromatic carbocycles. The lowest BCUT2D eigenvalue weighted by molar-refractivity contribution is -0.111. The van der Waals surface area contributed by atoms with E-state index in [1.54, 1.807) is 63.5 Å². The van der Waals surface area contributed by atoms with Crippen LogP contribution in [0.15, 0.2) is 64.4 Å². The molecule has 9 heteroatoms. The first-order valence-electron chi connectivity index (χ1n) is 8.79. The molecule has 2 aromatic rings. The number of sulfonamides is 1. The highest BCUT2D eigenvalue weighted by molar-refractivity contribution is 8.13. The molecular weight excluding hydrogens is 410 g/mol. The minimum atomic E-state index is -3.49. The summed E-state index contributed by atoms with van der Waals surface area (Å²) in [5.41, 5.74) is 1.30. The molecule has 2 N–H and O–H groups in total. The van der Waals surface area contributed by atoms with Crippen molar-refractivity contribution in [1.29, 1.82) is 0 Å². The van der Waals surface area contributed by atoms with Crippen molar-refractivity contribution in [2.45, 2.75) is 16.7 Å². The Kier molecular flexibility index (Phi) is 8.00. The first-order valence-corrected chi connectivity index (χ1v) is 11.1. The van der Waals surface area contributed by atoms with E-state index in [0.29, 0.717) is 17.8 Å². The molecule has 0 atom stereocenters. The number of carbonyl (C=O) groups excluding carboxylic acids is 2. The van der Waals surface area contributed by atoms with E-state index < -0.39 is 10.0 Å². The van der Waals surface area contributed by atoms with E-state index in [9.17, 15) is 18.0 Å². The molecule has 0 heterocycles. The molecule has 0 fully saturated rings. The Morgan fingerprint density at radius 2 is 1.66 bits per heavy atom. The van der Waals surface area contributed by atoms with Crippen LogP contribution in [-0.4, -0.2) is 45.1 Å². The molecule has 0 aliphatic heterocycles. The third kappa shape index (κ3) is 7.04. The van der Waals surface area contributed by atoms with Gasteiger partial charge in [-0.25, -0.2) is 13.1 Å². The van der Waals surface area contributed by atoms with E-state index >= 15 is 0 Å². The predicted molar refractivity (Wildman–Crippen MR) is 116 cm³/mol. The number of nitrogens with zero attached hydrogens (tertiary/aromatic N) is 1. The molecule has 2 amide bonds. The number of benzene rings is 2. The van der Waals surface area contributed by atoms with Crippen LogP contribution in [0, 0.1) is 0 Å². The summed E-state index contributed by atoms with van der Waals surface area (Å²) in [5.74, 6) is -0.320.